The van der Waals surface area contributed by atoms with E-state index in [0.29, 0.717) is 0 Å². The van der Waals surface area contributed by atoms with Gasteiger partial charge in [-0.2, -0.15) is 0 Å². The van der Waals surface area contributed by atoms with E-state index in [9.17, 15) is 0 Å². The maximum Gasteiger partial charge on any atom is 0.0900 e. The van der Waals surface area contributed by atoms with Gasteiger partial charge in [-0.1, -0.05) is 0 Å². The first kappa shape index (κ1) is 12.0. The van der Waals surface area contributed by atoms with Crippen molar-refractivity contribution in [3.05, 3.63) is 15.6 Å². The molecule has 1 aromatic rings. The number of nitrogens with one attached hydrogen (secondary N) is 1. The molecule has 0 saturated carbocycles. The Morgan fingerprint density at radius 1 is 1.38 bits per heavy atom. The summed E-state index contributed by atoms with van der Waals surface area (Å²) in [5, 5.41) is 4.56. The van der Waals surface area contributed by atoms with Crippen molar-refractivity contribution in [2.45, 2.75) is 39.3 Å². The van der Waals surface area contributed by atoms with Gasteiger partial charge in [0, 0.05) is 30.6 Å². The van der Waals surface area contributed by atoms with E-state index in [-0.39, 0.29) is 0 Å². The summed E-state index contributed by atoms with van der Waals surface area (Å²) < 4.78 is 0. The first-order chi connectivity index (χ1) is 7.69. The fourth-order valence-electron chi connectivity index (χ4n) is 2.30. The van der Waals surface area contributed by atoms with Crippen LogP contribution < -0.4 is 5.32 Å². The molecule has 2 rings (SSSR count). The molecule has 0 aliphatic carbocycles. The molecular formula is C12H21N3S. The highest BCUT2D eigenvalue weighted by molar-refractivity contribution is 7.11. The summed E-state index contributed by atoms with van der Waals surface area (Å²) in [6, 6.07) is 0.723. The predicted molar refractivity (Wildman–Crippen MR) is 68.9 cm³/mol. The summed E-state index contributed by atoms with van der Waals surface area (Å²) in [5.41, 5.74) is 1.22. The molecule has 4 heteroatoms. The number of thiazole rings is 1. The molecule has 0 atom stereocenters. The van der Waals surface area contributed by atoms with Crippen LogP contribution in [0.3, 0.4) is 0 Å². The van der Waals surface area contributed by atoms with Gasteiger partial charge in [-0.25, -0.2) is 4.98 Å². The fourth-order valence-corrected chi connectivity index (χ4v) is 3.28. The first-order valence-corrected chi connectivity index (χ1v) is 6.83. The molecule has 0 bridgehead atoms. The Bertz CT molecular complexity index is 340. The van der Waals surface area contributed by atoms with E-state index >= 15 is 0 Å². The third-order valence-electron chi connectivity index (χ3n) is 3.36. The van der Waals surface area contributed by atoms with Crippen molar-refractivity contribution in [2.24, 2.45) is 0 Å². The highest BCUT2D eigenvalue weighted by Gasteiger charge is 2.18. The quantitative estimate of drug-likeness (QED) is 0.874. The summed E-state index contributed by atoms with van der Waals surface area (Å²) in [5.74, 6) is 0. The lowest BCUT2D eigenvalue weighted by Crippen LogP contribution is -2.40. The van der Waals surface area contributed by atoms with Gasteiger partial charge in [0.2, 0.25) is 0 Å². The van der Waals surface area contributed by atoms with Crippen LogP contribution in [0.4, 0.5) is 0 Å². The Hall–Kier alpha value is -0.450. The molecule has 0 radical (unpaired) electrons. The van der Waals surface area contributed by atoms with Gasteiger partial charge in [-0.15, -0.1) is 11.3 Å². The maximum atomic E-state index is 4.49. The molecule has 0 aromatic carbocycles. The number of hydrogen-bond acceptors (Lipinski definition) is 4. The normalized spacial score (nSPS) is 19.2. The average molecular weight is 239 g/mol. The second-order valence-electron chi connectivity index (χ2n) is 4.58. The van der Waals surface area contributed by atoms with Crippen LogP contribution in [-0.2, 0) is 6.54 Å². The van der Waals surface area contributed by atoms with E-state index in [4.69, 9.17) is 0 Å². The van der Waals surface area contributed by atoms with Gasteiger partial charge in [-0.3, -0.25) is 4.90 Å². The number of aryl methyl sites for hydroxylation is 2. The minimum Gasteiger partial charge on any atom is -0.317 e. The van der Waals surface area contributed by atoms with Gasteiger partial charge in [0.15, 0.2) is 0 Å². The van der Waals surface area contributed by atoms with Gasteiger partial charge in [0.05, 0.1) is 10.7 Å². The number of aromatic nitrogens is 1. The molecule has 2 heterocycles. The number of piperidine rings is 1. The maximum absolute atomic E-state index is 4.49. The number of hydrogen-bond donors (Lipinski definition) is 1. The molecule has 3 nitrogen and oxygen atoms in total. The summed E-state index contributed by atoms with van der Waals surface area (Å²) in [7, 11) is 2.07. The number of likely N-dealkylation sites (tertiary alicyclic amines) is 1. The molecule has 1 N–H and O–H groups in total. The molecule has 0 amide bonds. The zero-order valence-electron chi connectivity index (χ0n) is 10.4. The van der Waals surface area contributed by atoms with Crippen molar-refractivity contribution in [1.29, 1.82) is 0 Å². The summed E-state index contributed by atoms with van der Waals surface area (Å²) in [6.07, 6.45) is 2.54. The van der Waals surface area contributed by atoms with E-state index in [0.717, 1.165) is 12.6 Å². The molecule has 1 aromatic heterocycles. The Morgan fingerprint density at radius 3 is 2.56 bits per heavy atom. The Kier molecular flexibility index (Phi) is 3.95. The topological polar surface area (TPSA) is 28.2 Å². The van der Waals surface area contributed by atoms with Crippen molar-refractivity contribution < 1.29 is 0 Å². The zero-order chi connectivity index (χ0) is 11.5. The van der Waals surface area contributed by atoms with Crippen molar-refractivity contribution in [2.75, 3.05) is 20.1 Å². The predicted octanol–water partition coefficient (Wildman–Crippen LogP) is 1.94. The van der Waals surface area contributed by atoms with Crippen LogP contribution in [0.2, 0.25) is 0 Å². The van der Waals surface area contributed by atoms with Gasteiger partial charge in [0.25, 0.3) is 0 Å². The first-order valence-electron chi connectivity index (χ1n) is 6.01. The van der Waals surface area contributed by atoms with Crippen LogP contribution in [0, 0.1) is 13.8 Å². The summed E-state index contributed by atoms with van der Waals surface area (Å²) in [4.78, 5) is 8.48. The van der Waals surface area contributed by atoms with E-state index < -0.39 is 0 Å². The molecule has 0 unspecified atom stereocenters. The Labute approximate surface area is 102 Å². The van der Waals surface area contributed by atoms with Gasteiger partial charge < -0.3 is 5.32 Å². The Balaban J connectivity index is 1.89. The molecular weight excluding hydrogens is 218 g/mol. The van der Waals surface area contributed by atoms with E-state index in [1.165, 1.54) is 41.5 Å². The van der Waals surface area contributed by atoms with Crippen LogP contribution >= 0.6 is 11.3 Å². The van der Waals surface area contributed by atoms with Crippen LogP contribution in [0.25, 0.3) is 0 Å². The van der Waals surface area contributed by atoms with Gasteiger partial charge >= 0.3 is 0 Å². The largest absolute Gasteiger partial charge is 0.317 e. The lowest BCUT2D eigenvalue weighted by Gasteiger charge is -2.31. The highest BCUT2D eigenvalue weighted by atomic mass is 32.1. The molecule has 90 valence electrons. The van der Waals surface area contributed by atoms with Crippen LogP contribution in [0.1, 0.15) is 28.4 Å². The molecule has 1 aliphatic heterocycles. The van der Waals surface area contributed by atoms with E-state index in [1.54, 1.807) is 0 Å². The third kappa shape index (κ3) is 2.81. The minimum atomic E-state index is 0.723. The monoisotopic (exact) mass is 239 g/mol. The molecule has 1 saturated heterocycles. The molecule has 0 spiro atoms. The fraction of sp³-hybridized carbons (Fsp3) is 0.750. The average Bonchev–Trinajstić information content (AvgIpc) is 2.59. The highest BCUT2D eigenvalue weighted by Crippen LogP contribution is 2.21. The van der Waals surface area contributed by atoms with Crippen molar-refractivity contribution in [1.82, 2.24) is 15.2 Å². The van der Waals surface area contributed by atoms with Crippen LogP contribution in [0.15, 0.2) is 0 Å². The minimum absolute atomic E-state index is 0.723. The Morgan fingerprint density at radius 2 is 2.06 bits per heavy atom. The smallest absolute Gasteiger partial charge is 0.0900 e. The third-order valence-corrected chi connectivity index (χ3v) is 4.42. The van der Waals surface area contributed by atoms with Crippen LogP contribution in [0.5, 0.6) is 0 Å². The van der Waals surface area contributed by atoms with Crippen molar-refractivity contribution in [3.63, 3.8) is 0 Å². The number of nitrogens with zero attached hydrogens (tertiary/aromatic N) is 2. The second kappa shape index (κ2) is 5.25. The summed E-state index contributed by atoms with van der Waals surface area (Å²) in [6.45, 7) is 7.73. The second-order valence-corrected chi connectivity index (χ2v) is 5.87. The standard InChI is InChI=1S/C12H21N3S/c1-9-12(16-10(2)14-9)8-15-6-4-11(13-3)5-7-15/h11,13H,4-8H2,1-3H3. The zero-order valence-corrected chi connectivity index (χ0v) is 11.2. The lowest BCUT2D eigenvalue weighted by atomic mass is 10.1. The van der Waals surface area contributed by atoms with Gasteiger partial charge in [0.1, 0.15) is 0 Å². The summed E-state index contributed by atoms with van der Waals surface area (Å²) >= 11 is 1.85. The van der Waals surface area contributed by atoms with E-state index in [2.05, 4.69) is 36.1 Å². The number of rotatable bonds is 3. The molecule has 16 heavy (non-hydrogen) atoms. The van der Waals surface area contributed by atoms with E-state index in [1.807, 2.05) is 11.3 Å². The van der Waals surface area contributed by atoms with Crippen molar-refractivity contribution in [3.8, 4) is 0 Å². The lowest BCUT2D eigenvalue weighted by molar-refractivity contribution is 0.195. The molecule has 1 aliphatic rings. The van der Waals surface area contributed by atoms with Gasteiger partial charge in [-0.05, 0) is 33.7 Å². The molecule has 1 fully saturated rings. The van der Waals surface area contributed by atoms with Crippen molar-refractivity contribution >= 4 is 11.3 Å². The van der Waals surface area contributed by atoms with Crippen LogP contribution in [-0.4, -0.2) is 36.1 Å². The SMILES string of the molecule is CNC1CCN(Cc2sc(C)nc2C)CC1.